The fourth-order valence-corrected chi connectivity index (χ4v) is 5.04. The molecule has 0 saturated carbocycles. The zero-order valence-electron chi connectivity index (χ0n) is 14.5. The van der Waals surface area contributed by atoms with Crippen LogP contribution in [0.25, 0.3) is 0 Å². The second-order valence-electron chi connectivity index (χ2n) is 5.84. The van der Waals surface area contributed by atoms with Crippen molar-refractivity contribution in [1.29, 1.82) is 0 Å². The fraction of sp³-hybridized carbons (Fsp3) is 0.222. The topological polar surface area (TPSA) is 92.3 Å². The highest BCUT2D eigenvalue weighted by molar-refractivity contribution is 8.00. The minimum atomic E-state index is -3.64. The van der Waals surface area contributed by atoms with Crippen LogP contribution >= 0.6 is 23.5 Å². The Kier molecular flexibility index (Phi) is 6.13. The zero-order valence-corrected chi connectivity index (χ0v) is 17.0. The van der Waals surface area contributed by atoms with Gasteiger partial charge in [-0.25, -0.2) is 8.42 Å². The summed E-state index contributed by atoms with van der Waals surface area (Å²) in [6.07, 6.45) is 1.79. The Morgan fingerprint density at radius 2 is 2.07 bits per heavy atom. The highest BCUT2D eigenvalue weighted by Crippen LogP contribution is 2.33. The Morgan fingerprint density at radius 3 is 2.85 bits per heavy atom. The van der Waals surface area contributed by atoms with Gasteiger partial charge in [-0.2, -0.15) is 0 Å². The maximum Gasteiger partial charge on any atom is 0.234 e. The van der Waals surface area contributed by atoms with Crippen molar-refractivity contribution in [3.63, 3.8) is 0 Å². The number of anilines is 2. The summed E-state index contributed by atoms with van der Waals surface area (Å²) < 4.78 is 25.1. The highest BCUT2D eigenvalue weighted by Gasteiger charge is 2.21. The molecule has 0 unspecified atom stereocenters. The Labute approximate surface area is 166 Å². The summed E-state index contributed by atoms with van der Waals surface area (Å²) in [6.45, 7) is 0. The van der Waals surface area contributed by atoms with E-state index in [4.69, 9.17) is 0 Å². The van der Waals surface area contributed by atoms with Crippen LogP contribution in [0.2, 0.25) is 0 Å². The molecule has 27 heavy (non-hydrogen) atoms. The van der Waals surface area contributed by atoms with E-state index >= 15 is 0 Å². The molecule has 9 heteroatoms. The van der Waals surface area contributed by atoms with Gasteiger partial charge in [0.05, 0.1) is 22.1 Å². The second-order valence-corrected chi connectivity index (χ2v) is 9.85. The molecule has 2 amide bonds. The van der Waals surface area contributed by atoms with E-state index in [1.54, 1.807) is 23.9 Å². The summed E-state index contributed by atoms with van der Waals surface area (Å²) in [4.78, 5) is 25.5. The number of sulfone groups is 1. The fourth-order valence-electron chi connectivity index (χ4n) is 2.52. The van der Waals surface area contributed by atoms with Gasteiger partial charge >= 0.3 is 0 Å². The molecule has 142 valence electrons. The maximum atomic E-state index is 12.6. The summed E-state index contributed by atoms with van der Waals surface area (Å²) in [6, 6.07) is 12.0. The molecule has 2 N–H and O–H groups in total. The molecule has 0 radical (unpaired) electrons. The first-order valence-electron chi connectivity index (χ1n) is 8.11. The van der Waals surface area contributed by atoms with Crippen molar-refractivity contribution >= 4 is 56.6 Å². The third kappa shape index (κ3) is 5.06. The molecule has 3 rings (SSSR count). The number of benzene rings is 2. The third-order valence-corrected chi connectivity index (χ3v) is 7.41. The number of hydrogen-bond acceptors (Lipinski definition) is 6. The molecule has 0 aromatic heterocycles. The van der Waals surface area contributed by atoms with E-state index in [2.05, 4.69) is 10.6 Å². The molecule has 0 bridgehead atoms. The Hall–Kier alpha value is -1.97. The first-order valence-corrected chi connectivity index (χ1v) is 12.0. The molecule has 6 nitrogen and oxygen atoms in total. The molecular weight excluding hydrogens is 404 g/mol. The van der Waals surface area contributed by atoms with Crippen LogP contribution in [0.5, 0.6) is 0 Å². The van der Waals surface area contributed by atoms with Crippen molar-refractivity contribution in [3.05, 3.63) is 42.5 Å². The molecule has 0 fully saturated rings. The lowest BCUT2D eigenvalue weighted by molar-refractivity contribution is -0.116. The number of thioether (sulfide) groups is 2. The van der Waals surface area contributed by atoms with Crippen LogP contribution < -0.4 is 10.6 Å². The summed E-state index contributed by atoms with van der Waals surface area (Å²) >= 11 is 2.92. The molecule has 0 saturated heterocycles. The second kappa shape index (κ2) is 8.37. The van der Waals surface area contributed by atoms with E-state index in [0.717, 1.165) is 9.79 Å². The van der Waals surface area contributed by atoms with Crippen LogP contribution in [0.1, 0.15) is 6.42 Å². The minimum Gasteiger partial charge on any atom is -0.326 e. The van der Waals surface area contributed by atoms with Gasteiger partial charge in [-0.15, -0.1) is 23.5 Å². The predicted molar refractivity (Wildman–Crippen MR) is 109 cm³/mol. The first-order chi connectivity index (χ1) is 12.9. The highest BCUT2D eigenvalue weighted by atomic mass is 32.2. The number of carbonyl (C=O) groups is 2. The molecule has 1 heterocycles. The molecule has 2 aromatic rings. The summed E-state index contributed by atoms with van der Waals surface area (Å²) in [5.41, 5.74) is 1.13. The summed E-state index contributed by atoms with van der Waals surface area (Å²) in [7, 11) is -3.64. The van der Waals surface area contributed by atoms with Crippen LogP contribution in [-0.4, -0.2) is 38.0 Å². The van der Waals surface area contributed by atoms with Crippen molar-refractivity contribution in [3.8, 4) is 0 Å². The number of amides is 2. The van der Waals surface area contributed by atoms with Crippen LogP contribution in [0.3, 0.4) is 0 Å². The van der Waals surface area contributed by atoms with Gasteiger partial charge in [0, 0.05) is 21.9 Å². The quantitative estimate of drug-likeness (QED) is 0.694. The molecule has 0 aliphatic carbocycles. The van der Waals surface area contributed by atoms with Gasteiger partial charge in [0.15, 0.2) is 9.84 Å². The van der Waals surface area contributed by atoms with Gasteiger partial charge in [-0.1, -0.05) is 6.07 Å². The average Bonchev–Trinajstić information content (AvgIpc) is 2.66. The molecule has 1 aliphatic rings. The summed E-state index contributed by atoms with van der Waals surface area (Å²) in [5, 5.41) is 5.39. The van der Waals surface area contributed by atoms with Gasteiger partial charge in [0.1, 0.15) is 0 Å². The lowest BCUT2D eigenvalue weighted by Gasteiger charge is -2.17. The Bertz CT molecular complexity index is 990. The normalized spacial score (nSPS) is 13.6. The lowest BCUT2D eigenvalue weighted by Crippen LogP contribution is -2.20. The van der Waals surface area contributed by atoms with E-state index in [-0.39, 0.29) is 28.9 Å². The SMILES string of the molecule is CSc1cccc(NC(=O)CCS(=O)(=O)c2ccc3c(c2)NC(=O)CS3)c1. The van der Waals surface area contributed by atoms with Crippen molar-refractivity contribution in [2.24, 2.45) is 0 Å². The maximum absolute atomic E-state index is 12.6. The van der Waals surface area contributed by atoms with Crippen LogP contribution in [-0.2, 0) is 19.4 Å². The van der Waals surface area contributed by atoms with Crippen LogP contribution in [0.15, 0.2) is 57.2 Å². The van der Waals surface area contributed by atoms with Gasteiger partial charge in [0.25, 0.3) is 0 Å². The largest absolute Gasteiger partial charge is 0.326 e. The van der Waals surface area contributed by atoms with E-state index in [1.807, 2.05) is 24.5 Å². The van der Waals surface area contributed by atoms with E-state index in [0.29, 0.717) is 17.1 Å². The van der Waals surface area contributed by atoms with Crippen molar-refractivity contribution in [1.82, 2.24) is 0 Å². The monoisotopic (exact) mass is 422 g/mol. The lowest BCUT2D eigenvalue weighted by atomic mass is 10.3. The van der Waals surface area contributed by atoms with E-state index in [1.165, 1.54) is 23.9 Å². The Balaban J connectivity index is 1.65. The third-order valence-electron chi connectivity index (χ3n) is 3.89. The molecule has 2 aromatic carbocycles. The standard InChI is InChI=1S/C18H18N2O4S3/c1-25-13-4-2-3-12(9-13)19-17(21)7-8-27(23,24)14-5-6-16-15(10-14)20-18(22)11-26-16/h2-6,9-10H,7-8,11H2,1H3,(H,19,21)(H,20,22). The zero-order chi connectivity index (χ0) is 19.4. The summed E-state index contributed by atoms with van der Waals surface area (Å²) in [5.74, 6) is -0.509. The van der Waals surface area contributed by atoms with Gasteiger partial charge in [-0.3, -0.25) is 9.59 Å². The number of rotatable bonds is 6. The smallest absolute Gasteiger partial charge is 0.234 e. The molecule has 0 spiro atoms. The number of hydrogen-bond donors (Lipinski definition) is 2. The van der Waals surface area contributed by atoms with Crippen LogP contribution in [0, 0.1) is 0 Å². The molecule has 1 aliphatic heterocycles. The van der Waals surface area contributed by atoms with E-state index < -0.39 is 9.84 Å². The van der Waals surface area contributed by atoms with Crippen molar-refractivity contribution in [2.45, 2.75) is 21.1 Å². The predicted octanol–water partition coefficient (Wildman–Crippen LogP) is 3.26. The number of nitrogens with one attached hydrogen (secondary N) is 2. The van der Waals surface area contributed by atoms with E-state index in [9.17, 15) is 18.0 Å². The minimum absolute atomic E-state index is 0.0984. The van der Waals surface area contributed by atoms with Gasteiger partial charge < -0.3 is 10.6 Å². The first kappa shape index (κ1) is 19.8. The average molecular weight is 423 g/mol. The number of fused-ring (bicyclic) bond motifs is 1. The van der Waals surface area contributed by atoms with Crippen molar-refractivity contribution in [2.75, 3.05) is 28.4 Å². The molecular formula is C18H18N2O4S3. The van der Waals surface area contributed by atoms with Gasteiger partial charge in [-0.05, 0) is 42.7 Å². The number of carbonyl (C=O) groups excluding carboxylic acids is 2. The van der Waals surface area contributed by atoms with Crippen LogP contribution in [0.4, 0.5) is 11.4 Å². The van der Waals surface area contributed by atoms with Crippen molar-refractivity contribution < 1.29 is 18.0 Å². The van der Waals surface area contributed by atoms with Gasteiger partial charge in [0.2, 0.25) is 11.8 Å². The Morgan fingerprint density at radius 1 is 1.26 bits per heavy atom. The molecule has 0 atom stereocenters.